The minimum Gasteiger partial charge on any atom is -0.375 e. The molecule has 3 nitrogen and oxygen atoms in total. The molecule has 0 saturated carbocycles. The molecule has 14 heavy (non-hydrogen) atoms. The maximum Gasteiger partial charge on any atom is 0.0887 e. The SMILES string of the molecule is C=S(C)(=O)c1ccc(COCC)nc1. The zero-order valence-electron chi connectivity index (χ0n) is 8.53. The molecule has 0 radical (unpaired) electrons. The number of hydrogen-bond donors (Lipinski definition) is 0. The number of nitrogens with zero attached hydrogens (tertiary/aromatic N) is 1. The Kier molecular flexibility index (Phi) is 3.66. The molecule has 0 amide bonds. The summed E-state index contributed by atoms with van der Waals surface area (Å²) in [7, 11) is -2.14. The lowest BCUT2D eigenvalue weighted by Crippen LogP contribution is -2.00. The number of ether oxygens (including phenoxy) is 1. The highest BCUT2D eigenvalue weighted by Crippen LogP contribution is 2.07. The summed E-state index contributed by atoms with van der Waals surface area (Å²) in [5.41, 5.74) is 0.847. The Morgan fingerprint density at radius 2 is 2.29 bits per heavy atom. The van der Waals surface area contributed by atoms with E-state index in [1.54, 1.807) is 18.5 Å². The quantitative estimate of drug-likeness (QED) is 0.708. The van der Waals surface area contributed by atoms with Gasteiger partial charge in [0.1, 0.15) is 0 Å². The van der Waals surface area contributed by atoms with E-state index in [1.807, 2.05) is 13.0 Å². The Bertz CT molecular complexity index is 381. The Labute approximate surface area is 85.1 Å². The Morgan fingerprint density at radius 3 is 2.71 bits per heavy atom. The van der Waals surface area contributed by atoms with Crippen LogP contribution >= 0.6 is 0 Å². The zero-order chi connectivity index (χ0) is 10.6. The molecule has 0 aromatic carbocycles. The smallest absolute Gasteiger partial charge is 0.0887 e. The van der Waals surface area contributed by atoms with Crippen LogP contribution < -0.4 is 0 Å². The molecule has 0 bridgehead atoms. The number of pyridine rings is 1. The maximum atomic E-state index is 11.5. The fourth-order valence-corrected chi connectivity index (χ4v) is 1.59. The Hall–Kier alpha value is -0.870. The van der Waals surface area contributed by atoms with Crippen LogP contribution in [0.3, 0.4) is 0 Å². The predicted molar refractivity (Wildman–Crippen MR) is 59.0 cm³/mol. The number of aromatic nitrogens is 1. The minimum absolute atomic E-state index is 0.499. The lowest BCUT2D eigenvalue weighted by Gasteiger charge is -2.04. The van der Waals surface area contributed by atoms with Crippen LogP contribution in [0.15, 0.2) is 23.2 Å². The van der Waals surface area contributed by atoms with E-state index in [-0.39, 0.29) is 0 Å². The van der Waals surface area contributed by atoms with E-state index in [9.17, 15) is 4.21 Å². The molecule has 0 spiro atoms. The highest BCUT2D eigenvalue weighted by atomic mass is 32.2. The second kappa shape index (κ2) is 4.57. The monoisotopic (exact) mass is 213 g/mol. The van der Waals surface area contributed by atoms with Crippen molar-refractivity contribution in [2.24, 2.45) is 0 Å². The van der Waals surface area contributed by atoms with E-state index in [1.165, 1.54) is 0 Å². The molecule has 0 N–H and O–H groups in total. The van der Waals surface area contributed by atoms with Crippen LogP contribution in [0.2, 0.25) is 0 Å². The van der Waals surface area contributed by atoms with Gasteiger partial charge in [0, 0.05) is 24.0 Å². The summed E-state index contributed by atoms with van der Waals surface area (Å²) < 4.78 is 16.7. The van der Waals surface area contributed by atoms with Gasteiger partial charge in [-0.15, -0.1) is 0 Å². The van der Waals surface area contributed by atoms with Gasteiger partial charge in [-0.2, -0.15) is 0 Å². The van der Waals surface area contributed by atoms with Crippen molar-refractivity contribution in [1.29, 1.82) is 0 Å². The largest absolute Gasteiger partial charge is 0.375 e. The first-order valence-electron chi connectivity index (χ1n) is 4.39. The Morgan fingerprint density at radius 1 is 1.57 bits per heavy atom. The van der Waals surface area contributed by atoms with Crippen LogP contribution in [-0.2, 0) is 20.9 Å². The van der Waals surface area contributed by atoms with Gasteiger partial charge in [-0.05, 0) is 34.4 Å². The maximum absolute atomic E-state index is 11.5. The van der Waals surface area contributed by atoms with Crippen molar-refractivity contribution in [3.8, 4) is 0 Å². The second-order valence-electron chi connectivity index (χ2n) is 3.13. The van der Waals surface area contributed by atoms with E-state index in [2.05, 4.69) is 10.9 Å². The van der Waals surface area contributed by atoms with E-state index in [0.717, 1.165) is 5.69 Å². The van der Waals surface area contributed by atoms with Gasteiger partial charge >= 0.3 is 0 Å². The molecule has 1 unspecified atom stereocenters. The second-order valence-corrected chi connectivity index (χ2v) is 5.61. The van der Waals surface area contributed by atoms with E-state index >= 15 is 0 Å². The molecule has 1 heterocycles. The molecule has 1 rings (SSSR count). The highest BCUT2D eigenvalue weighted by Gasteiger charge is 2.01. The average Bonchev–Trinajstić information content (AvgIpc) is 2.14. The van der Waals surface area contributed by atoms with Crippen molar-refractivity contribution in [2.45, 2.75) is 18.4 Å². The number of hydrogen-bond acceptors (Lipinski definition) is 3. The topological polar surface area (TPSA) is 39.2 Å². The summed E-state index contributed by atoms with van der Waals surface area (Å²) in [5, 5.41) is 0. The van der Waals surface area contributed by atoms with Gasteiger partial charge in [0.05, 0.1) is 12.3 Å². The molecule has 0 saturated heterocycles. The summed E-state index contributed by atoms with van der Waals surface area (Å²) in [6.07, 6.45) is 3.20. The molecule has 0 aliphatic rings. The Balaban J connectivity index is 2.79. The van der Waals surface area contributed by atoms with E-state index in [4.69, 9.17) is 4.74 Å². The zero-order valence-corrected chi connectivity index (χ0v) is 9.34. The van der Waals surface area contributed by atoms with Crippen LogP contribution in [0.5, 0.6) is 0 Å². The fourth-order valence-electron chi connectivity index (χ4n) is 0.958. The first-order chi connectivity index (χ1) is 6.54. The van der Waals surface area contributed by atoms with Gasteiger partial charge in [-0.25, -0.2) is 0 Å². The number of rotatable bonds is 4. The standard InChI is InChI=1S/C10H15NO2S/c1-4-13-8-9-5-6-10(7-11-9)14(2,3)12/h5-7H,2,4,8H2,1,3H3. The van der Waals surface area contributed by atoms with Crippen molar-refractivity contribution in [2.75, 3.05) is 12.9 Å². The summed E-state index contributed by atoms with van der Waals surface area (Å²) in [6, 6.07) is 3.61. The molecular weight excluding hydrogens is 198 g/mol. The minimum atomic E-state index is -2.14. The van der Waals surface area contributed by atoms with Gasteiger partial charge in [-0.3, -0.25) is 9.19 Å². The summed E-state index contributed by atoms with van der Waals surface area (Å²) in [6.45, 7) is 3.10. The summed E-state index contributed by atoms with van der Waals surface area (Å²) >= 11 is 0. The van der Waals surface area contributed by atoms with Crippen LogP contribution in [0.25, 0.3) is 0 Å². The van der Waals surface area contributed by atoms with Crippen molar-refractivity contribution >= 4 is 15.4 Å². The third kappa shape index (κ3) is 3.12. The molecular formula is C10H15NO2S. The van der Waals surface area contributed by atoms with E-state index < -0.39 is 9.52 Å². The molecule has 4 heteroatoms. The lowest BCUT2D eigenvalue weighted by atomic mass is 10.4. The van der Waals surface area contributed by atoms with Crippen molar-refractivity contribution in [1.82, 2.24) is 4.98 Å². The van der Waals surface area contributed by atoms with Crippen LogP contribution in [0.1, 0.15) is 12.6 Å². The van der Waals surface area contributed by atoms with Crippen molar-refractivity contribution in [3.05, 3.63) is 24.0 Å². The molecule has 78 valence electrons. The van der Waals surface area contributed by atoms with Gasteiger partial charge in [0.15, 0.2) is 0 Å². The van der Waals surface area contributed by atoms with Crippen LogP contribution in [0.4, 0.5) is 0 Å². The first kappa shape index (κ1) is 11.2. The van der Waals surface area contributed by atoms with Gasteiger partial charge < -0.3 is 4.74 Å². The van der Waals surface area contributed by atoms with Crippen LogP contribution in [0, 0.1) is 0 Å². The lowest BCUT2D eigenvalue weighted by molar-refractivity contribution is 0.131. The van der Waals surface area contributed by atoms with Crippen molar-refractivity contribution in [3.63, 3.8) is 0 Å². The average molecular weight is 213 g/mol. The molecule has 0 fully saturated rings. The predicted octanol–water partition coefficient (Wildman–Crippen LogP) is 1.32. The fraction of sp³-hybridized carbons (Fsp3) is 0.400. The molecule has 1 atom stereocenters. The summed E-state index contributed by atoms with van der Waals surface area (Å²) in [5.74, 6) is 3.59. The van der Waals surface area contributed by atoms with E-state index in [0.29, 0.717) is 18.1 Å². The van der Waals surface area contributed by atoms with Gasteiger partial charge in [0.25, 0.3) is 0 Å². The van der Waals surface area contributed by atoms with Crippen LogP contribution in [-0.4, -0.2) is 27.9 Å². The molecule has 1 aromatic rings. The summed E-state index contributed by atoms with van der Waals surface area (Å²) in [4.78, 5) is 4.82. The normalized spacial score (nSPS) is 15.0. The molecule has 1 aromatic heterocycles. The van der Waals surface area contributed by atoms with Crippen molar-refractivity contribution < 1.29 is 8.95 Å². The molecule has 0 aliphatic heterocycles. The molecule has 0 aliphatic carbocycles. The van der Waals surface area contributed by atoms with Gasteiger partial charge in [-0.1, -0.05) is 0 Å². The first-order valence-corrected chi connectivity index (χ1v) is 6.52. The third-order valence-electron chi connectivity index (χ3n) is 1.75. The van der Waals surface area contributed by atoms with Gasteiger partial charge in [0.2, 0.25) is 0 Å². The highest BCUT2D eigenvalue weighted by molar-refractivity contribution is 7.99. The third-order valence-corrected chi connectivity index (χ3v) is 2.99.